The van der Waals surface area contributed by atoms with Crippen molar-refractivity contribution in [1.82, 2.24) is 0 Å². The van der Waals surface area contributed by atoms with E-state index in [-0.39, 0.29) is 57.0 Å². The summed E-state index contributed by atoms with van der Waals surface area (Å²) in [6.45, 7) is 4.20. The standard InChI is InChI=1S/C9H12.C4H8O.2BrH.Mg/c1-2-6-9-7-4-3-5-8-9;1-2-4-5-3-1;;;/h3-5,7-8H,2,6H2,1H3;1-4H2;2*1H;/q;;;;+2/p-2. The van der Waals surface area contributed by atoms with Crippen molar-refractivity contribution in [2.45, 2.75) is 32.6 Å². The average Bonchev–Trinajstić information content (AvgIpc) is 2.78. The summed E-state index contributed by atoms with van der Waals surface area (Å²) in [5.74, 6) is 0. The molecule has 0 atom stereocenters. The number of ether oxygens (including phenoxy) is 1. The number of benzene rings is 1. The molecule has 4 heteroatoms. The SMILES string of the molecule is C1CCOC1.CCCc1ccccc1.[Br-].[Br-].[Mg+2]. The van der Waals surface area contributed by atoms with Gasteiger partial charge in [0.15, 0.2) is 0 Å². The molecule has 1 heterocycles. The predicted octanol–water partition coefficient (Wildman–Crippen LogP) is -2.94. The van der Waals surface area contributed by atoms with Crippen LogP contribution in [0.4, 0.5) is 0 Å². The summed E-state index contributed by atoms with van der Waals surface area (Å²) in [6, 6.07) is 10.6. The van der Waals surface area contributed by atoms with Crippen LogP contribution in [0.15, 0.2) is 30.3 Å². The molecule has 0 radical (unpaired) electrons. The Morgan fingerprint density at radius 2 is 1.53 bits per heavy atom. The van der Waals surface area contributed by atoms with Crippen molar-refractivity contribution in [3.05, 3.63) is 35.9 Å². The third-order valence-corrected chi connectivity index (χ3v) is 2.21. The van der Waals surface area contributed by atoms with Crippen LogP contribution in [-0.2, 0) is 11.2 Å². The molecular formula is C13H20Br2MgO. The molecule has 0 aromatic heterocycles. The minimum absolute atomic E-state index is 0. The van der Waals surface area contributed by atoms with Gasteiger partial charge >= 0.3 is 23.1 Å². The second-order valence-electron chi connectivity index (χ2n) is 3.56. The maximum atomic E-state index is 4.94. The number of rotatable bonds is 2. The molecule has 0 saturated carbocycles. The fourth-order valence-electron chi connectivity index (χ4n) is 1.44. The molecule has 94 valence electrons. The Balaban J connectivity index is -0.000000216. The first-order valence-electron chi connectivity index (χ1n) is 5.55. The quantitative estimate of drug-likeness (QED) is 0.502. The normalized spacial score (nSPS) is 12.1. The molecule has 1 aliphatic rings. The number of halogens is 2. The summed E-state index contributed by atoms with van der Waals surface area (Å²) >= 11 is 0. The number of hydrogen-bond donors (Lipinski definition) is 0. The Morgan fingerprint density at radius 1 is 1.00 bits per heavy atom. The summed E-state index contributed by atoms with van der Waals surface area (Å²) in [4.78, 5) is 0. The van der Waals surface area contributed by atoms with Gasteiger partial charge in [-0.15, -0.1) is 0 Å². The maximum absolute atomic E-state index is 4.94. The van der Waals surface area contributed by atoms with E-state index >= 15 is 0 Å². The summed E-state index contributed by atoms with van der Waals surface area (Å²) < 4.78 is 4.94. The van der Waals surface area contributed by atoms with Crippen molar-refractivity contribution in [2.24, 2.45) is 0 Å². The van der Waals surface area contributed by atoms with Gasteiger partial charge in [-0.05, 0) is 24.8 Å². The minimum Gasteiger partial charge on any atom is -1.00 e. The van der Waals surface area contributed by atoms with Crippen molar-refractivity contribution in [3.63, 3.8) is 0 Å². The van der Waals surface area contributed by atoms with Crippen LogP contribution in [0.2, 0.25) is 0 Å². The van der Waals surface area contributed by atoms with Crippen LogP contribution in [0, 0.1) is 0 Å². The van der Waals surface area contributed by atoms with E-state index < -0.39 is 0 Å². The molecule has 2 rings (SSSR count). The fourth-order valence-corrected chi connectivity index (χ4v) is 1.44. The van der Waals surface area contributed by atoms with E-state index in [9.17, 15) is 0 Å². The second kappa shape index (κ2) is 16.9. The van der Waals surface area contributed by atoms with E-state index in [0.717, 1.165) is 13.2 Å². The van der Waals surface area contributed by atoms with Crippen LogP contribution in [0.5, 0.6) is 0 Å². The Labute approximate surface area is 142 Å². The van der Waals surface area contributed by atoms with Crippen molar-refractivity contribution in [1.29, 1.82) is 0 Å². The zero-order valence-corrected chi connectivity index (χ0v) is 15.1. The van der Waals surface area contributed by atoms with Crippen LogP contribution in [0.1, 0.15) is 31.7 Å². The first kappa shape index (κ1) is 23.0. The van der Waals surface area contributed by atoms with Gasteiger partial charge in [-0.2, -0.15) is 0 Å². The van der Waals surface area contributed by atoms with E-state index in [2.05, 4.69) is 37.3 Å². The third kappa shape index (κ3) is 13.1. The molecule has 17 heavy (non-hydrogen) atoms. The Bertz CT molecular complexity index is 221. The Morgan fingerprint density at radius 3 is 1.88 bits per heavy atom. The Kier molecular flexibility index (Phi) is 22.9. The van der Waals surface area contributed by atoms with E-state index in [1.165, 1.54) is 31.2 Å². The van der Waals surface area contributed by atoms with Crippen LogP contribution >= 0.6 is 0 Å². The van der Waals surface area contributed by atoms with Gasteiger partial charge in [-0.1, -0.05) is 43.7 Å². The van der Waals surface area contributed by atoms with Crippen molar-refractivity contribution in [2.75, 3.05) is 13.2 Å². The van der Waals surface area contributed by atoms with Gasteiger partial charge in [0.1, 0.15) is 0 Å². The van der Waals surface area contributed by atoms with Gasteiger partial charge in [0.25, 0.3) is 0 Å². The molecular weight excluding hydrogens is 356 g/mol. The van der Waals surface area contributed by atoms with E-state index in [4.69, 9.17) is 4.74 Å². The van der Waals surface area contributed by atoms with Gasteiger partial charge < -0.3 is 38.7 Å². The molecule has 1 aromatic carbocycles. The summed E-state index contributed by atoms with van der Waals surface area (Å²) in [6.07, 6.45) is 5.00. The van der Waals surface area contributed by atoms with Crippen LogP contribution < -0.4 is 34.0 Å². The number of aryl methyl sites for hydroxylation is 1. The third-order valence-electron chi connectivity index (χ3n) is 2.21. The van der Waals surface area contributed by atoms with Crippen molar-refractivity contribution in [3.8, 4) is 0 Å². The average molecular weight is 376 g/mol. The monoisotopic (exact) mass is 374 g/mol. The van der Waals surface area contributed by atoms with E-state index in [1.807, 2.05) is 0 Å². The zero-order chi connectivity index (χ0) is 10.1. The van der Waals surface area contributed by atoms with E-state index in [0.29, 0.717) is 0 Å². The zero-order valence-electron chi connectivity index (χ0n) is 10.5. The smallest absolute Gasteiger partial charge is 1.00 e. The summed E-state index contributed by atoms with van der Waals surface area (Å²) in [7, 11) is 0. The van der Waals surface area contributed by atoms with Gasteiger partial charge in [0.05, 0.1) is 0 Å². The minimum atomic E-state index is 0. The maximum Gasteiger partial charge on any atom is 2.00 e. The molecule has 1 nitrogen and oxygen atoms in total. The molecule has 0 bridgehead atoms. The molecule has 0 amide bonds. The van der Waals surface area contributed by atoms with Crippen molar-refractivity contribution < 1.29 is 38.7 Å². The molecule has 1 aliphatic heterocycles. The largest absolute Gasteiger partial charge is 2.00 e. The van der Waals surface area contributed by atoms with Crippen LogP contribution in [0.3, 0.4) is 0 Å². The van der Waals surface area contributed by atoms with Crippen LogP contribution in [-0.4, -0.2) is 36.3 Å². The molecule has 1 fully saturated rings. The van der Waals surface area contributed by atoms with E-state index in [1.54, 1.807) is 0 Å². The van der Waals surface area contributed by atoms with Gasteiger partial charge in [-0.25, -0.2) is 0 Å². The fraction of sp³-hybridized carbons (Fsp3) is 0.538. The first-order valence-corrected chi connectivity index (χ1v) is 5.55. The van der Waals surface area contributed by atoms with Crippen LogP contribution in [0.25, 0.3) is 0 Å². The molecule has 0 unspecified atom stereocenters. The van der Waals surface area contributed by atoms with Gasteiger partial charge in [0.2, 0.25) is 0 Å². The molecule has 1 saturated heterocycles. The summed E-state index contributed by atoms with van der Waals surface area (Å²) in [5, 5.41) is 0. The predicted molar refractivity (Wildman–Crippen MR) is 66.2 cm³/mol. The topological polar surface area (TPSA) is 9.23 Å². The molecule has 0 N–H and O–H groups in total. The second-order valence-corrected chi connectivity index (χ2v) is 3.56. The molecule has 1 aromatic rings. The van der Waals surface area contributed by atoms with Gasteiger partial charge in [-0.3, -0.25) is 0 Å². The first-order chi connectivity index (χ1) is 6.93. The van der Waals surface area contributed by atoms with Crippen molar-refractivity contribution >= 4 is 23.1 Å². The summed E-state index contributed by atoms with van der Waals surface area (Å²) in [5.41, 5.74) is 1.44. The molecule has 0 aliphatic carbocycles. The molecule has 0 spiro atoms. The van der Waals surface area contributed by atoms with Gasteiger partial charge in [0, 0.05) is 13.2 Å². The Hall–Kier alpha value is 0.906. The number of hydrogen-bond acceptors (Lipinski definition) is 1.